The fourth-order valence-electron chi connectivity index (χ4n) is 2.69. The maximum Gasteiger partial charge on any atom is 0.00447 e. The van der Waals surface area contributed by atoms with E-state index in [-0.39, 0.29) is 0 Å². The van der Waals surface area contributed by atoms with E-state index in [0.29, 0.717) is 0 Å². The minimum Gasteiger partial charge on any atom is -0.314 e. The Kier molecular flexibility index (Phi) is 7.26. The Hall–Kier alpha value is -0.0400. The summed E-state index contributed by atoms with van der Waals surface area (Å²) >= 11 is 0. The highest BCUT2D eigenvalue weighted by Gasteiger charge is 2.38. The molecule has 2 rings (SSSR count). The first kappa shape index (κ1) is 14.0. The van der Waals surface area contributed by atoms with Crippen molar-refractivity contribution in [1.82, 2.24) is 5.32 Å². The highest BCUT2D eigenvalue weighted by atomic mass is 15.0. The molecule has 1 heterocycles. The third kappa shape index (κ3) is 3.61. The van der Waals surface area contributed by atoms with Gasteiger partial charge in [0.15, 0.2) is 0 Å². The van der Waals surface area contributed by atoms with Crippen LogP contribution in [-0.4, -0.2) is 12.6 Å². The molecule has 1 saturated heterocycles. The van der Waals surface area contributed by atoms with Crippen LogP contribution < -0.4 is 5.32 Å². The minimum atomic E-state index is 0.749. The smallest absolute Gasteiger partial charge is 0.00447 e. The molecular weight excluding hydrogens is 170 g/mol. The molecule has 1 aliphatic carbocycles. The molecule has 14 heavy (non-hydrogen) atoms. The average molecular weight is 199 g/mol. The van der Waals surface area contributed by atoms with Gasteiger partial charge in [-0.1, -0.05) is 40.5 Å². The lowest BCUT2D eigenvalue weighted by atomic mass is 9.84. The predicted octanol–water partition coefficient (Wildman–Crippen LogP) is 3.98. The molecule has 1 spiro atoms. The van der Waals surface area contributed by atoms with Crippen molar-refractivity contribution in [3.8, 4) is 0 Å². The van der Waals surface area contributed by atoms with Crippen molar-refractivity contribution in [3.05, 3.63) is 0 Å². The molecule has 1 saturated carbocycles. The zero-order chi connectivity index (χ0) is 11.0. The summed E-state index contributed by atoms with van der Waals surface area (Å²) in [5.74, 6) is 0. The lowest BCUT2D eigenvalue weighted by Gasteiger charge is -2.20. The fraction of sp³-hybridized carbons (Fsp3) is 1.00. The molecule has 1 aliphatic heterocycles. The van der Waals surface area contributed by atoms with Gasteiger partial charge in [-0.3, -0.25) is 0 Å². The van der Waals surface area contributed by atoms with Gasteiger partial charge in [-0.15, -0.1) is 0 Å². The Morgan fingerprint density at radius 2 is 1.50 bits per heavy atom. The lowest BCUT2D eigenvalue weighted by Crippen LogP contribution is -2.20. The van der Waals surface area contributed by atoms with Gasteiger partial charge in [-0.25, -0.2) is 0 Å². The summed E-state index contributed by atoms with van der Waals surface area (Å²) < 4.78 is 0. The van der Waals surface area contributed by atoms with E-state index in [1.165, 1.54) is 38.6 Å². The van der Waals surface area contributed by atoms with Crippen molar-refractivity contribution in [2.45, 2.75) is 72.8 Å². The van der Waals surface area contributed by atoms with Gasteiger partial charge in [0.25, 0.3) is 0 Å². The molecule has 0 radical (unpaired) electrons. The van der Waals surface area contributed by atoms with E-state index in [2.05, 4.69) is 12.2 Å². The van der Waals surface area contributed by atoms with Crippen LogP contribution in [-0.2, 0) is 0 Å². The third-order valence-electron chi connectivity index (χ3n) is 3.23. The van der Waals surface area contributed by atoms with Crippen LogP contribution in [0.5, 0.6) is 0 Å². The maximum absolute atomic E-state index is 3.55. The molecule has 86 valence electrons. The molecule has 1 heteroatoms. The summed E-state index contributed by atoms with van der Waals surface area (Å²) in [4.78, 5) is 0. The van der Waals surface area contributed by atoms with E-state index in [1.54, 1.807) is 0 Å². The topological polar surface area (TPSA) is 12.0 Å². The molecular formula is C13H29N. The highest BCUT2D eigenvalue weighted by molar-refractivity contribution is 4.94. The molecule has 0 amide bonds. The average Bonchev–Trinajstić information content (AvgIpc) is 2.84. The van der Waals surface area contributed by atoms with E-state index in [0.717, 1.165) is 11.5 Å². The van der Waals surface area contributed by atoms with Crippen LogP contribution in [0.1, 0.15) is 66.7 Å². The summed E-state index contributed by atoms with van der Waals surface area (Å²) in [6, 6.07) is 0.790. The first-order valence-electron chi connectivity index (χ1n) is 6.54. The largest absolute Gasteiger partial charge is 0.314 e. The van der Waals surface area contributed by atoms with Gasteiger partial charge in [0.2, 0.25) is 0 Å². The van der Waals surface area contributed by atoms with Gasteiger partial charge in [0, 0.05) is 12.6 Å². The Labute approximate surface area is 90.7 Å². The molecule has 0 bridgehead atoms. The zero-order valence-corrected chi connectivity index (χ0v) is 10.8. The fourth-order valence-corrected chi connectivity index (χ4v) is 2.69. The lowest BCUT2D eigenvalue weighted by molar-refractivity contribution is 0.330. The number of nitrogens with one attached hydrogen (secondary N) is 1. The SMILES string of the molecule is CC.CC.CC1CC2(CCCC2)CN1. The van der Waals surface area contributed by atoms with Crippen LogP contribution in [0.25, 0.3) is 0 Å². The quantitative estimate of drug-likeness (QED) is 0.622. The summed E-state index contributed by atoms with van der Waals surface area (Å²) in [7, 11) is 0. The summed E-state index contributed by atoms with van der Waals surface area (Å²) in [5.41, 5.74) is 0.749. The normalized spacial score (nSPS) is 27.6. The molecule has 1 nitrogen and oxygen atoms in total. The van der Waals surface area contributed by atoms with Crippen LogP contribution in [0.2, 0.25) is 0 Å². The molecule has 1 atom stereocenters. The van der Waals surface area contributed by atoms with Gasteiger partial charge < -0.3 is 5.32 Å². The van der Waals surface area contributed by atoms with Crippen molar-refractivity contribution >= 4 is 0 Å². The predicted molar refractivity (Wildman–Crippen MR) is 65.7 cm³/mol. The van der Waals surface area contributed by atoms with E-state index < -0.39 is 0 Å². The van der Waals surface area contributed by atoms with Crippen molar-refractivity contribution < 1.29 is 0 Å². The van der Waals surface area contributed by atoms with Crippen LogP contribution >= 0.6 is 0 Å². The van der Waals surface area contributed by atoms with Crippen molar-refractivity contribution in [3.63, 3.8) is 0 Å². The van der Waals surface area contributed by atoms with E-state index in [4.69, 9.17) is 0 Å². The van der Waals surface area contributed by atoms with Gasteiger partial charge in [0.1, 0.15) is 0 Å². The Bertz CT molecular complexity index is 125. The van der Waals surface area contributed by atoms with E-state index in [9.17, 15) is 0 Å². The van der Waals surface area contributed by atoms with Crippen LogP contribution in [0.4, 0.5) is 0 Å². The number of hydrogen-bond donors (Lipinski definition) is 1. The van der Waals surface area contributed by atoms with Crippen LogP contribution in [0.15, 0.2) is 0 Å². The zero-order valence-electron chi connectivity index (χ0n) is 10.8. The Morgan fingerprint density at radius 3 is 1.86 bits per heavy atom. The van der Waals surface area contributed by atoms with Crippen LogP contribution in [0, 0.1) is 5.41 Å². The van der Waals surface area contributed by atoms with Crippen molar-refractivity contribution in [2.24, 2.45) is 5.41 Å². The Morgan fingerprint density at radius 1 is 1.00 bits per heavy atom. The first-order valence-corrected chi connectivity index (χ1v) is 6.54. The molecule has 0 aromatic rings. The van der Waals surface area contributed by atoms with Crippen LogP contribution in [0.3, 0.4) is 0 Å². The van der Waals surface area contributed by atoms with Gasteiger partial charge in [0.05, 0.1) is 0 Å². The molecule has 2 fully saturated rings. The van der Waals surface area contributed by atoms with Gasteiger partial charge >= 0.3 is 0 Å². The second-order valence-electron chi connectivity index (χ2n) is 4.19. The number of hydrogen-bond acceptors (Lipinski definition) is 1. The molecule has 0 aromatic carbocycles. The number of rotatable bonds is 0. The van der Waals surface area contributed by atoms with Gasteiger partial charge in [-0.2, -0.15) is 0 Å². The van der Waals surface area contributed by atoms with E-state index >= 15 is 0 Å². The van der Waals surface area contributed by atoms with Crippen molar-refractivity contribution in [2.75, 3.05) is 6.54 Å². The summed E-state index contributed by atoms with van der Waals surface area (Å²) in [5, 5.41) is 3.55. The second kappa shape index (κ2) is 7.28. The Balaban J connectivity index is 0.000000379. The minimum absolute atomic E-state index is 0.749. The highest BCUT2D eigenvalue weighted by Crippen LogP contribution is 2.44. The first-order chi connectivity index (χ1) is 6.81. The molecule has 2 aliphatic rings. The standard InChI is InChI=1S/C9H17N.2C2H6/c1-8-6-9(7-10-8)4-2-3-5-9;2*1-2/h8,10H,2-7H2,1H3;2*1-2H3. The second-order valence-corrected chi connectivity index (χ2v) is 4.19. The van der Waals surface area contributed by atoms with Gasteiger partial charge in [-0.05, 0) is 31.6 Å². The maximum atomic E-state index is 3.55. The molecule has 1 N–H and O–H groups in total. The van der Waals surface area contributed by atoms with Crippen molar-refractivity contribution in [1.29, 1.82) is 0 Å². The van der Waals surface area contributed by atoms with E-state index in [1.807, 2.05) is 27.7 Å². The molecule has 1 unspecified atom stereocenters. The monoisotopic (exact) mass is 199 g/mol. The third-order valence-corrected chi connectivity index (χ3v) is 3.23. The summed E-state index contributed by atoms with van der Waals surface area (Å²) in [6.45, 7) is 11.6. The summed E-state index contributed by atoms with van der Waals surface area (Å²) in [6.07, 6.45) is 7.38. The molecule has 0 aromatic heterocycles.